The van der Waals surface area contributed by atoms with Gasteiger partial charge in [-0.3, -0.25) is 4.79 Å². The molecule has 0 saturated carbocycles. The molecule has 0 heterocycles. The average molecular weight is 383 g/mol. The number of hydrogen-bond donors (Lipinski definition) is 0. The van der Waals surface area contributed by atoms with E-state index in [0.29, 0.717) is 5.78 Å². The van der Waals surface area contributed by atoms with Crippen LogP contribution >= 0.6 is 0 Å². The molecule has 0 aromatic heterocycles. The summed E-state index contributed by atoms with van der Waals surface area (Å²) in [6.07, 6.45) is 24.1. The van der Waals surface area contributed by atoms with Crippen molar-refractivity contribution in [2.45, 2.75) is 96.8 Å². The molecular formula is C27H42O. The van der Waals surface area contributed by atoms with Gasteiger partial charge in [0.15, 0.2) is 0 Å². The smallest absolute Gasteiger partial charge is 0.139 e. The molecule has 0 spiro atoms. The van der Waals surface area contributed by atoms with Gasteiger partial charge in [0.2, 0.25) is 0 Å². The van der Waals surface area contributed by atoms with Crippen molar-refractivity contribution in [3.05, 3.63) is 54.6 Å². The fraction of sp³-hybridized carbons (Fsp3) is 0.593. The Hall–Kier alpha value is -1.63. The van der Waals surface area contributed by atoms with Gasteiger partial charge in [-0.25, -0.2) is 0 Å². The van der Waals surface area contributed by atoms with Gasteiger partial charge in [0, 0.05) is 12.3 Å². The number of hydrogen-bond acceptors (Lipinski definition) is 1. The summed E-state index contributed by atoms with van der Waals surface area (Å²) in [5.74, 6) is 0.382. The van der Waals surface area contributed by atoms with Crippen LogP contribution in [0.15, 0.2) is 49.1 Å². The first-order chi connectivity index (χ1) is 13.7. The summed E-state index contributed by atoms with van der Waals surface area (Å²) in [5, 5.41) is 0. The number of Topliss-reactive ketones (excluding diaryl/α,β-unsaturated/α-hetero) is 1. The highest BCUT2D eigenvalue weighted by Crippen LogP contribution is 2.14. The second kappa shape index (κ2) is 17.5. The van der Waals surface area contributed by atoms with Crippen molar-refractivity contribution in [3.63, 3.8) is 0 Å². The minimum Gasteiger partial charge on any atom is -0.299 e. The zero-order valence-electron chi connectivity index (χ0n) is 18.2. The van der Waals surface area contributed by atoms with Crippen LogP contribution < -0.4 is 0 Å². The molecule has 0 fully saturated rings. The standard InChI is InChI=1S/C27H42O/c1-3-25(2)27(28)24-20-15-13-11-9-7-5-4-6-8-10-12-14-17-21-26-22-18-16-19-23-26/h3,16-19,21-23,25H,1,4-15,20,24H2,2H3. The van der Waals surface area contributed by atoms with E-state index >= 15 is 0 Å². The Balaban J connectivity index is 1.78. The molecule has 0 aliphatic heterocycles. The number of ketones is 1. The molecule has 0 bridgehead atoms. The van der Waals surface area contributed by atoms with Crippen LogP contribution in [0.5, 0.6) is 0 Å². The first-order valence-electron chi connectivity index (χ1n) is 11.6. The first kappa shape index (κ1) is 24.4. The minimum atomic E-state index is 0.0331. The third kappa shape index (κ3) is 13.5. The predicted octanol–water partition coefficient (Wildman–Crippen LogP) is 8.55. The number of carbonyl (C=O) groups excluding carboxylic acids is 1. The molecule has 1 heteroatoms. The summed E-state index contributed by atoms with van der Waals surface area (Å²) in [4.78, 5) is 11.7. The lowest BCUT2D eigenvalue weighted by molar-refractivity contribution is -0.121. The van der Waals surface area contributed by atoms with E-state index < -0.39 is 0 Å². The van der Waals surface area contributed by atoms with E-state index in [-0.39, 0.29) is 5.92 Å². The average Bonchev–Trinajstić information content (AvgIpc) is 2.73. The van der Waals surface area contributed by atoms with Crippen molar-refractivity contribution in [1.29, 1.82) is 0 Å². The number of carbonyl (C=O) groups is 1. The second-order valence-electron chi connectivity index (χ2n) is 8.09. The van der Waals surface area contributed by atoms with Gasteiger partial charge in [-0.1, -0.05) is 120 Å². The second-order valence-corrected chi connectivity index (χ2v) is 8.09. The van der Waals surface area contributed by atoms with Gasteiger partial charge < -0.3 is 0 Å². The van der Waals surface area contributed by atoms with Crippen molar-refractivity contribution in [2.75, 3.05) is 0 Å². The highest BCUT2D eigenvalue weighted by atomic mass is 16.1. The van der Waals surface area contributed by atoms with Crippen LogP contribution in [0, 0.1) is 5.92 Å². The van der Waals surface area contributed by atoms with Gasteiger partial charge in [0.05, 0.1) is 0 Å². The normalized spacial score (nSPS) is 12.3. The van der Waals surface area contributed by atoms with Gasteiger partial charge in [-0.15, -0.1) is 6.58 Å². The van der Waals surface area contributed by atoms with Crippen molar-refractivity contribution in [3.8, 4) is 0 Å². The quantitative estimate of drug-likeness (QED) is 0.183. The molecule has 1 atom stereocenters. The lowest BCUT2D eigenvalue weighted by Gasteiger charge is -2.05. The van der Waals surface area contributed by atoms with E-state index in [4.69, 9.17) is 0 Å². The van der Waals surface area contributed by atoms with Crippen molar-refractivity contribution in [1.82, 2.24) is 0 Å². The van der Waals surface area contributed by atoms with Gasteiger partial charge in [0.1, 0.15) is 5.78 Å². The van der Waals surface area contributed by atoms with Gasteiger partial charge in [-0.05, 0) is 24.8 Å². The Morgan fingerprint density at radius 2 is 1.32 bits per heavy atom. The molecule has 1 rings (SSSR count). The molecule has 0 saturated heterocycles. The Kier molecular flexibility index (Phi) is 15.2. The molecule has 0 aliphatic carbocycles. The van der Waals surface area contributed by atoms with Crippen molar-refractivity contribution < 1.29 is 4.79 Å². The van der Waals surface area contributed by atoms with Crippen LogP contribution in [-0.2, 0) is 4.79 Å². The number of benzene rings is 1. The summed E-state index contributed by atoms with van der Waals surface area (Å²) in [6, 6.07) is 10.6. The molecular weight excluding hydrogens is 340 g/mol. The van der Waals surface area contributed by atoms with Crippen LogP contribution in [-0.4, -0.2) is 5.78 Å². The Labute approximate surface area is 174 Å². The van der Waals surface area contributed by atoms with E-state index in [1.165, 1.54) is 82.6 Å². The highest BCUT2D eigenvalue weighted by molar-refractivity contribution is 5.82. The van der Waals surface area contributed by atoms with Crippen LogP contribution in [0.2, 0.25) is 0 Å². The minimum absolute atomic E-state index is 0.0331. The van der Waals surface area contributed by atoms with E-state index in [9.17, 15) is 4.79 Å². The van der Waals surface area contributed by atoms with E-state index in [1.807, 2.05) is 6.92 Å². The number of allylic oxidation sites excluding steroid dienone is 2. The molecule has 28 heavy (non-hydrogen) atoms. The topological polar surface area (TPSA) is 17.1 Å². The summed E-state index contributed by atoms with van der Waals surface area (Å²) < 4.78 is 0. The molecule has 1 unspecified atom stereocenters. The largest absolute Gasteiger partial charge is 0.299 e. The van der Waals surface area contributed by atoms with Crippen LogP contribution in [0.25, 0.3) is 6.08 Å². The zero-order chi connectivity index (χ0) is 20.3. The molecule has 1 aromatic carbocycles. The third-order valence-electron chi connectivity index (χ3n) is 5.52. The lowest BCUT2D eigenvalue weighted by atomic mass is 10.00. The summed E-state index contributed by atoms with van der Waals surface area (Å²) in [6.45, 7) is 5.63. The van der Waals surface area contributed by atoms with Crippen LogP contribution in [0.3, 0.4) is 0 Å². The summed E-state index contributed by atoms with van der Waals surface area (Å²) >= 11 is 0. The SMILES string of the molecule is C=CC(C)C(=O)CCCCCCCCCCCCCCC=Cc1ccccc1. The molecule has 0 N–H and O–H groups in total. The van der Waals surface area contributed by atoms with Gasteiger partial charge in [0.25, 0.3) is 0 Å². The maximum Gasteiger partial charge on any atom is 0.139 e. The molecule has 1 nitrogen and oxygen atoms in total. The Morgan fingerprint density at radius 3 is 1.86 bits per heavy atom. The Morgan fingerprint density at radius 1 is 0.821 bits per heavy atom. The molecule has 156 valence electrons. The molecule has 1 aromatic rings. The third-order valence-corrected chi connectivity index (χ3v) is 5.52. The molecule has 0 aliphatic rings. The van der Waals surface area contributed by atoms with E-state index in [0.717, 1.165) is 12.8 Å². The highest BCUT2D eigenvalue weighted by Gasteiger charge is 2.07. The maximum atomic E-state index is 11.7. The van der Waals surface area contributed by atoms with Crippen LogP contribution in [0.1, 0.15) is 102 Å². The fourth-order valence-electron chi connectivity index (χ4n) is 3.47. The Bertz CT molecular complexity index is 528. The predicted molar refractivity (Wildman–Crippen MR) is 124 cm³/mol. The van der Waals surface area contributed by atoms with Gasteiger partial charge >= 0.3 is 0 Å². The fourth-order valence-corrected chi connectivity index (χ4v) is 3.47. The summed E-state index contributed by atoms with van der Waals surface area (Å²) in [5.41, 5.74) is 1.30. The van der Waals surface area contributed by atoms with Crippen molar-refractivity contribution in [2.24, 2.45) is 5.92 Å². The molecule has 0 radical (unpaired) electrons. The monoisotopic (exact) mass is 382 g/mol. The number of unbranched alkanes of at least 4 members (excludes halogenated alkanes) is 12. The lowest BCUT2D eigenvalue weighted by Crippen LogP contribution is -2.07. The maximum absolute atomic E-state index is 11.7. The van der Waals surface area contributed by atoms with E-state index in [1.54, 1.807) is 6.08 Å². The van der Waals surface area contributed by atoms with Gasteiger partial charge in [-0.2, -0.15) is 0 Å². The van der Waals surface area contributed by atoms with Crippen molar-refractivity contribution >= 4 is 11.9 Å². The number of rotatable bonds is 18. The summed E-state index contributed by atoms with van der Waals surface area (Å²) in [7, 11) is 0. The van der Waals surface area contributed by atoms with Crippen LogP contribution in [0.4, 0.5) is 0 Å². The first-order valence-corrected chi connectivity index (χ1v) is 11.6. The zero-order valence-corrected chi connectivity index (χ0v) is 18.2. The molecule has 0 amide bonds. The van der Waals surface area contributed by atoms with E-state index in [2.05, 4.69) is 49.1 Å².